The summed E-state index contributed by atoms with van der Waals surface area (Å²) in [7, 11) is 0. The van der Waals surface area contributed by atoms with E-state index in [1.165, 1.54) is 5.57 Å². The minimum Gasteiger partial charge on any atom is -0.480 e. The minimum atomic E-state index is -1.62. The van der Waals surface area contributed by atoms with Gasteiger partial charge in [-0.05, 0) is 74.2 Å². The van der Waals surface area contributed by atoms with E-state index in [2.05, 4.69) is 12.1 Å². The van der Waals surface area contributed by atoms with Crippen molar-refractivity contribution >= 4 is 23.4 Å². The molecule has 1 saturated heterocycles. The fourth-order valence-electron chi connectivity index (χ4n) is 8.94. The molecule has 1 amide bonds. The summed E-state index contributed by atoms with van der Waals surface area (Å²) in [5, 5.41) is 55.6. The fourth-order valence-corrected chi connectivity index (χ4v) is 8.94. The molecular weight excluding hydrogens is 508 g/mol. The van der Waals surface area contributed by atoms with E-state index in [9.17, 15) is 39.9 Å². The second-order valence-corrected chi connectivity index (χ2v) is 12.7. The normalized spacial score (nSPS) is 44.3. The minimum absolute atomic E-state index is 0.00861. The third kappa shape index (κ3) is 4.32. The van der Waals surface area contributed by atoms with Crippen molar-refractivity contribution < 1.29 is 44.8 Å². The number of carboxylic acids is 1. The number of oxime groups is 1. The zero-order valence-corrected chi connectivity index (χ0v) is 22.6. The molecule has 39 heavy (non-hydrogen) atoms. The zero-order chi connectivity index (χ0) is 28.3. The Balaban J connectivity index is 1.29. The van der Waals surface area contributed by atoms with E-state index < -0.39 is 60.1 Å². The number of hydrogen-bond donors (Lipinski definition) is 5. The van der Waals surface area contributed by atoms with Gasteiger partial charge in [-0.15, -0.1) is 0 Å². The molecule has 9 atom stereocenters. The number of likely N-dealkylation sites (tertiary alicyclic amines) is 1. The lowest BCUT2D eigenvalue weighted by molar-refractivity contribution is -0.181. The van der Waals surface area contributed by atoms with E-state index in [1.807, 2.05) is 13.0 Å². The van der Waals surface area contributed by atoms with Gasteiger partial charge in [0.25, 0.3) is 5.91 Å². The van der Waals surface area contributed by atoms with Crippen LogP contribution >= 0.6 is 0 Å². The number of carbonyl (C=O) groups is 3. The van der Waals surface area contributed by atoms with Crippen molar-refractivity contribution in [2.75, 3.05) is 19.8 Å². The Morgan fingerprint density at radius 1 is 1.15 bits per heavy atom. The lowest BCUT2D eigenvalue weighted by Gasteiger charge is -2.60. The third-order valence-electron chi connectivity index (χ3n) is 10.9. The maximum atomic E-state index is 12.6. The molecule has 11 heteroatoms. The average molecular weight is 549 g/mol. The number of rotatable bonds is 6. The largest absolute Gasteiger partial charge is 0.480 e. The number of carboxylic acid groups (broad SMARTS) is 1. The molecule has 1 heterocycles. The second-order valence-electron chi connectivity index (χ2n) is 12.7. The lowest BCUT2D eigenvalue weighted by atomic mass is 9.45. The van der Waals surface area contributed by atoms with Gasteiger partial charge in [-0.2, -0.15) is 0 Å². The summed E-state index contributed by atoms with van der Waals surface area (Å²) >= 11 is 0. The maximum absolute atomic E-state index is 12.6. The first-order valence-electron chi connectivity index (χ1n) is 14.0. The van der Waals surface area contributed by atoms with Gasteiger partial charge >= 0.3 is 5.97 Å². The topological polar surface area (TPSA) is 177 Å². The van der Waals surface area contributed by atoms with Crippen LogP contribution in [0.3, 0.4) is 0 Å². The number of hydrogen-bond acceptors (Lipinski definition) is 9. The quantitative estimate of drug-likeness (QED) is 0.298. The lowest BCUT2D eigenvalue weighted by Crippen LogP contribution is -2.62. The number of amides is 1. The highest BCUT2D eigenvalue weighted by Crippen LogP contribution is 2.67. The van der Waals surface area contributed by atoms with E-state index in [4.69, 9.17) is 4.84 Å². The molecule has 0 aromatic carbocycles. The predicted octanol–water partition coefficient (Wildman–Crippen LogP) is 0.631. The molecule has 5 aliphatic rings. The molecule has 11 nitrogen and oxygen atoms in total. The van der Waals surface area contributed by atoms with E-state index in [0.717, 1.165) is 24.2 Å². The van der Waals surface area contributed by atoms with Gasteiger partial charge in [0, 0.05) is 18.4 Å². The Morgan fingerprint density at radius 3 is 2.59 bits per heavy atom. The van der Waals surface area contributed by atoms with Crippen molar-refractivity contribution in [1.29, 1.82) is 0 Å². The summed E-state index contributed by atoms with van der Waals surface area (Å²) in [6, 6.07) is -1.07. The van der Waals surface area contributed by atoms with Gasteiger partial charge < -0.3 is 35.3 Å². The van der Waals surface area contributed by atoms with E-state index >= 15 is 0 Å². The summed E-state index contributed by atoms with van der Waals surface area (Å²) in [5.41, 5.74) is -0.824. The van der Waals surface area contributed by atoms with Crippen LogP contribution in [0.4, 0.5) is 0 Å². The van der Waals surface area contributed by atoms with E-state index in [-0.39, 0.29) is 36.1 Å². The maximum Gasteiger partial charge on any atom is 0.326 e. The molecule has 5 N–H and O–H groups in total. The number of ketones is 1. The molecule has 3 saturated carbocycles. The number of aliphatic carboxylic acids is 1. The predicted molar refractivity (Wildman–Crippen MR) is 137 cm³/mol. The monoisotopic (exact) mass is 548 g/mol. The summed E-state index contributed by atoms with van der Waals surface area (Å²) in [6.45, 7) is 2.91. The molecule has 5 rings (SSSR count). The number of Topliss-reactive ketones (excluding diaryl/α,β-unsaturated/α-hetero) is 1. The molecule has 0 unspecified atom stereocenters. The molecular formula is C28H40N2O9. The van der Waals surface area contributed by atoms with Gasteiger partial charge in [0.1, 0.15) is 18.2 Å². The van der Waals surface area contributed by atoms with Crippen molar-refractivity contribution in [1.82, 2.24) is 4.90 Å². The molecule has 0 aromatic heterocycles. The molecule has 0 spiro atoms. The highest BCUT2D eigenvalue weighted by Gasteiger charge is 2.68. The van der Waals surface area contributed by atoms with Gasteiger partial charge in [-0.25, -0.2) is 4.79 Å². The summed E-state index contributed by atoms with van der Waals surface area (Å²) in [4.78, 5) is 42.9. The standard InChI is InChI=1S/C28H40N2O9/c1-26-7-5-16(29-39-14-23(35)30-12-17(32)10-20(30)25(36)37)9-15(26)3-4-18-19-6-8-28(38,22(34)13-31)27(19,2)11-21(33)24(18)26/h9,17-21,24,31-33,38H,3-8,10-14H2,1-2H3,(H,36,37)/b29-16-/t17-,18+,19+,20+,21-,24-,26+,27+,28+/m1/s1. The van der Waals surface area contributed by atoms with Crippen LogP contribution in [0.2, 0.25) is 0 Å². The number of fused-ring (bicyclic) bond motifs is 5. The Morgan fingerprint density at radius 2 is 1.90 bits per heavy atom. The van der Waals surface area contributed by atoms with Crippen molar-refractivity contribution in [3.8, 4) is 0 Å². The third-order valence-corrected chi connectivity index (χ3v) is 10.9. The van der Waals surface area contributed by atoms with Crippen molar-refractivity contribution in [3.05, 3.63) is 11.6 Å². The van der Waals surface area contributed by atoms with Gasteiger partial charge in [0.2, 0.25) is 0 Å². The first-order valence-corrected chi connectivity index (χ1v) is 14.0. The summed E-state index contributed by atoms with van der Waals surface area (Å²) < 4.78 is 0. The first kappa shape index (κ1) is 28.2. The average Bonchev–Trinajstić information content (AvgIpc) is 3.41. The molecule has 0 bridgehead atoms. The molecule has 1 aliphatic heterocycles. The summed E-state index contributed by atoms with van der Waals surface area (Å²) in [6.07, 6.45) is 4.61. The number of nitrogens with zero attached hydrogens (tertiary/aromatic N) is 2. The fraction of sp³-hybridized carbons (Fsp3) is 0.786. The zero-order valence-electron chi connectivity index (χ0n) is 22.6. The first-order chi connectivity index (χ1) is 18.4. The van der Waals surface area contributed by atoms with E-state index in [0.29, 0.717) is 31.4 Å². The van der Waals surface area contributed by atoms with Crippen LogP contribution in [-0.2, 0) is 19.2 Å². The summed E-state index contributed by atoms with van der Waals surface area (Å²) in [5.74, 6) is -2.06. The molecule has 216 valence electrons. The number of aliphatic hydroxyl groups excluding tert-OH is 3. The van der Waals surface area contributed by atoms with Crippen LogP contribution < -0.4 is 0 Å². The molecule has 0 radical (unpaired) electrons. The highest BCUT2D eigenvalue weighted by molar-refractivity contribution is 5.96. The van der Waals surface area contributed by atoms with Gasteiger partial charge in [0.15, 0.2) is 12.4 Å². The number of aliphatic hydroxyl groups is 4. The van der Waals surface area contributed by atoms with Crippen molar-refractivity contribution in [2.24, 2.45) is 33.7 Å². The van der Waals surface area contributed by atoms with Crippen LogP contribution in [0.5, 0.6) is 0 Å². The number of allylic oxidation sites excluding steroid dienone is 2. The second kappa shape index (κ2) is 9.94. The number of β-amino-alcohol motifs (C(OH)–C–C–N with tert-alkyl or cyclic N) is 1. The Hall–Kier alpha value is -2.34. The molecule has 4 aliphatic carbocycles. The number of carbonyl (C=O) groups excluding carboxylic acids is 2. The van der Waals surface area contributed by atoms with Gasteiger partial charge in [-0.1, -0.05) is 24.6 Å². The highest BCUT2D eigenvalue weighted by atomic mass is 16.6. The Bertz CT molecular complexity index is 1110. The van der Waals surface area contributed by atoms with Crippen LogP contribution in [0.15, 0.2) is 16.8 Å². The van der Waals surface area contributed by atoms with Gasteiger partial charge in [-0.3, -0.25) is 9.59 Å². The van der Waals surface area contributed by atoms with Gasteiger partial charge in [0.05, 0.1) is 17.9 Å². The van der Waals surface area contributed by atoms with Crippen molar-refractivity contribution in [3.63, 3.8) is 0 Å². The SMILES string of the molecule is C[C@]12CC/C(=N/OCC(=O)N3C[C@H](O)C[C@H]3C(=O)O)C=C1CC[C@@H]1[C@@H]2[C@H](O)C[C@@]2(C)[C@H]1CC[C@]2(O)C(=O)CO. The van der Waals surface area contributed by atoms with E-state index in [1.54, 1.807) is 0 Å². The molecule has 4 fully saturated rings. The molecule has 0 aromatic rings. The van der Waals surface area contributed by atoms with Crippen LogP contribution in [0.1, 0.15) is 65.2 Å². The van der Waals surface area contributed by atoms with Crippen molar-refractivity contribution in [2.45, 2.75) is 89.1 Å². The Labute approximate surface area is 227 Å². The van der Waals surface area contributed by atoms with Crippen LogP contribution in [0, 0.1) is 28.6 Å². The smallest absolute Gasteiger partial charge is 0.326 e. The Kier molecular flexibility index (Phi) is 7.18. The van der Waals surface area contributed by atoms with Crippen LogP contribution in [0.25, 0.3) is 0 Å². The van der Waals surface area contributed by atoms with Crippen LogP contribution in [-0.4, -0.2) is 97.4 Å².